The first-order chi connectivity index (χ1) is 13.2. The topological polar surface area (TPSA) is 105 Å². The van der Waals surface area contributed by atoms with Gasteiger partial charge in [-0.05, 0) is 51.8 Å². The van der Waals surface area contributed by atoms with Crippen molar-refractivity contribution in [3.8, 4) is 11.5 Å². The summed E-state index contributed by atoms with van der Waals surface area (Å²) in [7, 11) is 1.45. The van der Waals surface area contributed by atoms with Gasteiger partial charge in [-0.15, -0.1) is 0 Å². The minimum absolute atomic E-state index is 0.0130. The zero-order chi connectivity index (χ0) is 20.9. The van der Waals surface area contributed by atoms with Gasteiger partial charge < -0.3 is 24.8 Å². The van der Waals surface area contributed by atoms with Crippen LogP contribution < -0.4 is 14.8 Å². The summed E-state index contributed by atoms with van der Waals surface area (Å²) in [6.07, 6.45) is 1.18. The Morgan fingerprint density at radius 2 is 2.00 bits per heavy atom. The van der Waals surface area contributed by atoms with E-state index in [9.17, 15) is 19.5 Å². The normalized spacial score (nSPS) is 19.2. The van der Waals surface area contributed by atoms with Crippen LogP contribution >= 0.6 is 0 Å². The molecular formula is C20H28N2O6. The van der Waals surface area contributed by atoms with E-state index in [1.807, 2.05) is 13.8 Å². The molecule has 1 aromatic rings. The molecule has 8 heteroatoms. The first-order valence-corrected chi connectivity index (χ1v) is 9.29. The number of carbonyl (C=O) groups is 3. The van der Waals surface area contributed by atoms with Crippen molar-refractivity contribution >= 4 is 17.8 Å². The summed E-state index contributed by atoms with van der Waals surface area (Å²) in [5.74, 6) is -0.716. The van der Waals surface area contributed by atoms with Crippen LogP contribution in [0.2, 0.25) is 0 Å². The second-order valence-electron chi connectivity index (χ2n) is 7.57. The third-order valence-corrected chi connectivity index (χ3v) is 4.72. The highest BCUT2D eigenvalue weighted by molar-refractivity contribution is 5.95. The van der Waals surface area contributed by atoms with Crippen LogP contribution in [-0.4, -0.2) is 60.6 Å². The number of likely N-dealkylation sites (tertiary alicyclic amines) is 1. The average Bonchev–Trinajstić information content (AvgIpc) is 2.65. The molecule has 0 aromatic heterocycles. The third-order valence-electron chi connectivity index (χ3n) is 4.72. The Bertz CT molecular complexity index is 748. The number of carbonyl (C=O) groups excluding carboxylic acids is 2. The van der Waals surface area contributed by atoms with Crippen LogP contribution in [0.15, 0.2) is 18.2 Å². The molecule has 8 nitrogen and oxygen atoms in total. The van der Waals surface area contributed by atoms with Gasteiger partial charge in [0.2, 0.25) is 0 Å². The number of piperidine rings is 1. The van der Waals surface area contributed by atoms with Crippen LogP contribution in [0.5, 0.6) is 11.5 Å². The Labute approximate surface area is 164 Å². The zero-order valence-electron chi connectivity index (χ0n) is 16.8. The summed E-state index contributed by atoms with van der Waals surface area (Å²) >= 11 is 0. The molecule has 0 bridgehead atoms. The summed E-state index contributed by atoms with van der Waals surface area (Å²) in [6, 6.07) is 4.73. The number of ether oxygens (including phenoxy) is 2. The van der Waals surface area contributed by atoms with Crippen LogP contribution in [0.4, 0.5) is 0 Å². The molecule has 1 atom stereocenters. The molecule has 1 aliphatic heterocycles. The summed E-state index contributed by atoms with van der Waals surface area (Å²) in [5, 5.41) is 12.2. The number of amides is 2. The van der Waals surface area contributed by atoms with Crippen LogP contribution in [0.25, 0.3) is 0 Å². The number of carboxylic acids is 1. The van der Waals surface area contributed by atoms with E-state index in [1.54, 1.807) is 30.0 Å². The molecule has 1 aliphatic rings. The van der Waals surface area contributed by atoms with E-state index >= 15 is 0 Å². The van der Waals surface area contributed by atoms with Crippen molar-refractivity contribution in [2.45, 2.75) is 39.7 Å². The second-order valence-corrected chi connectivity index (χ2v) is 7.57. The minimum atomic E-state index is -0.940. The van der Waals surface area contributed by atoms with Gasteiger partial charge in [-0.25, -0.2) is 0 Å². The van der Waals surface area contributed by atoms with Crippen molar-refractivity contribution in [2.24, 2.45) is 5.41 Å². The Morgan fingerprint density at radius 1 is 1.29 bits per heavy atom. The van der Waals surface area contributed by atoms with Gasteiger partial charge in [-0.2, -0.15) is 0 Å². The number of carboxylic acid groups (broad SMARTS) is 1. The number of nitrogens with zero attached hydrogens (tertiary/aromatic N) is 1. The average molecular weight is 392 g/mol. The van der Waals surface area contributed by atoms with E-state index in [4.69, 9.17) is 9.47 Å². The molecule has 0 saturated carbocycles. The molecule has 1 unspecified atom stereocenters. The maximum Gasteiger partial charge on any atom is 0.311 e. The predicted octanol–water partition coefficient (Wildman–Crippen LogP) is 1.93. The number of aliphatic carboxylic acids is 1. The lowest BCUT2D eigenvalue weighted by Crippen LogP contribution is -2.48. The zero-order valence-corrected chi connectivity index (χ0v) is 16.8. The van der Waals surface area contributed by atoms with Gasteiger partial charge in [-0.1, -0.05) is 0 Å². The minimum Gasteiger partial charge on any atom is -0.493 e. The second kappa shape index (κ2) is 8.95. The molecule has 1 aromatic carbocycles. The van der Waals surface area contributed by atoms with E-state index in [1.165, 1.54) is 7.11 Å². The maximum absolute atomic E-state index is 12.8. The fraction of sp³-hybridized carbons (Fsp3) is 0.550. The smallest absolute Gasteiger partial charge is 0.311 e. The molecule has 1 fully saturated rings. The van der Waals surface area contributed by atoms with Gasteiger partial charge in [0.25, 0.3) is 11.8 Å². The van der Waals surface area contributed by atoms with Crippen LogP contribution in [0, 0.1) is 5.41 Å². The van der Waals surface area contributed by atoms with E-state index in [-0.39, 0.29) is 31.0 Å². The Hall–Kier alpha value is -2.77. The fourth-order valence-electron chi connectivity index (χ4n) is 3.20. The Balaban J connectivity index is 2.11. The molecule has 0 aliphatic carbocycles. The summed E-state index contributed by atoms with van der Waals surface area (Å²) < 4.78 is 10.8. The Kier molecular flexibility index (Phi) is 6.88. The van der Waals surface area contributed by atoms with Crippen LogP contribution in [0.3, 0.4) is 0 Å². The van der Waals surface area contributed by atoms with Crippen molar-refractivity contribution < 1.29 is 29.0 Å². The molecule has 2 N–H and O–H groups in total. The maximum atomic E-state index is 12.8. The van der Waals surface area contributed by atoms with Crippen LogP contribution in [-0.2, 0) is 9.59 Å². The monoisotopic (exact) mass is 392 g/mol. The number of hydrogen-bond donors (Lipinski definition) is 2. The standard InChI is InChI=1S/C20H28N2O6/c1-13(2)21-17(23)11-28-15-7-6-14(10-16(15)27-4)18(24)22-9-5-8-20(3,12-22)19(25)26/h6-7,10,13H,5,8-9,11-12H2,1-4H3,(H,21,23)(H,25,26). The van der Waals surface area contributed by atoms with E-state index < -0.39 is 11.4 Å². The highest BCUT2D eigenvalue weighted by Crippen LogP contribution is 2.32. The lowest BCUT2D eigenvalue weighted by Gasteiger charge is -2.37. The van der Waals surface area contributed by atoms with Gasteiger partial charge in [0, 0.05) is 24.7 Å². The molecule has 0 spiro atoms. The lowest BCUT2D eigenvalue weighted by atomic mass is 9.82. The summed E-state index contributed by atoms with van der Waals surface area (Å²) in [5.41, 5.74) is -0.560. The van der Waals surface area contributed by atoms with E-state index in [0.717, 1.165) is 0 Å². The molecule has 154 valence electrons. The molecular weight excluding hydrogens is 364 g/mol. The molecule has 28 heavy (non-hydrogen) atoms. The lowest BCUT2D eigenvalue weighted by molar-refractivity contribution is -0.150. The van der Waals surface area contributed by atoms with Gasteiger partial charge in [0.05, 0.1) is 12.5 Å². The highest BCUT2D eigenvalue weighted by Gasteiger charge is 2.39. The van der Waals surface area contributed by atoms with Gasteiger partial charge >= 0.3 is 5.97 Å². The van der Waals surface area contributed by atoms with Gasteiger partial charge in [0.1, 0.15) is 0 Å². The Morgan fingerprint density at radius 3 is 2.61 bits per heavy atom. The highest BCUT2D eigenvalue weighted by atomic mass is 16.5. The SMILES string of the molecule is COc1cc(C(=O)N2CCCC(C)(C(=O)O)C2)ccc1OCC(=O)NC(C)C. The van der Waals surface area contributed by atoms with Crippen molar-refractivity contribution in [1.29, 1.82) is 0 Å². The van der Waals surface area contributed by atoms with Crippen LogP contribution in [0.1, 0.15) is 44.0 Å². The molecule has 1 saturated heterocycles. The van der Waals surface area contributed by atoms with Gasteiger partial charge in [0.15, 0.2) is 18.1 Å². The molecule has 2 rings (SSSR count). The number of rotatable bonds is 7. The first kappa shape index (κ1) is 21.5. The number of methoxy groups -OCH3 is 1. The van der Waals surface area contributed by atoms with E-state index in [2.05, 4.69) is 5.32 Å². The largest absolute Gasteiger partial charge is 0.493 e. The van der Waals surface area contributed by atoms with Gasteiger partial charge in [-0.3, -0.25) is 14.4 Å². The molecule has 1 heterocycles. The van der Waals surface area contributed by atoms with E-state index in [0.29, 0.717) is 36.4 Å². The number of hydrogen-bond acceptors (Lipinski definition) is 5. The van der Waals surface area contributed by atoms with Crippen molar-refractivity contribution in [3.05, 3.63) is 23.8 Å². The molecule has 0 radical (unpaired) electrons. The summed E-state index contributed by atoms with van der Waals surface area (Å²) in [6.45, 7) is 5.89. The number of nitrogens with one attached hydrogen (secondary N) is 1. The fourth-order valence-corrected chi connectivity index (χ4v) is 3.20. The summed E-state index contributed by atoms with van der Waals surface area (Å²) in [4.78, 5) is 37.7. The van der Waals surface area contributed by atoms with Crippen molar-refractivity contribution in [2.75, 3.05) is 26.8 Å². The van der Waals surface area contributed by atoms with Crippen molar-refractivity contribution in [1.82, 2.24) is 10.2 Å². The molecule has 2 amide bonds. The third kappa shape index (κ3) is 5.15. The quantitative estimate of drug-likeness (QED) is 0.735. The number of benzene rings is 1. The predicted molar refractivity (Wildman–Crippen MR) is 103 cm³/mol. The van der Waals surface area contributed by atoms with Crippen molar-refractivity contribution in [3.63, 3.8) is 0 Å². The first-order valence-electron chi connectivity index (χ1n) is 9.29.